The van der Waals surface area contributed by atoms with E-state index < -0.39 is 36.1 Å². The zero-order valence-corrected chi connectivity index (χ0v) is 16.3. The molecule has 1 heterocycles. The molecule has 1 saturated heterocycles. The van der Waals surface area contributed by atoms with Crippen LogP contribution in [0.25, 0.3) is 6.08 Å². The molecule has 30 heavy (non-hydrogen) atoms. The minimum Gasteiger partial charge on any atom is -0.484 e. The lowest BCUT2D eigenvalue weighted by atomic mass is 9.93. The number of carbonyl (C=O) groups excluding carboxylic acids is 3. The number of carbonyl (C=O) groups is 3. The van der Waals surface area contributed by atoms with Gasteiger partial charge in [0.2, 0.25) is 6.23 Å². The largest absolute Gasteiger partial charge is 0.484 e. The van der Waals surface area contributed by atoms with Gasteiger partial charge in [0.05, 0.1) is 13.2 Å². The van der Waals surface area contributed by atoms with Crippen molar-refractivity contribution >= 4 is 23.9 Å². The maximum absolute atomic E-state index is 12.5. The van der Waals surface area contributed by atoms with Gasteiger partial charge in [0, 0.05) is 0 Å². The van der Waals surface area contributed by atoms with Crippen molar-refractivity contribution in [3.63, 3.8) is 0 Å². The maximum atomic E-state index is 12.5. The minimum atomic E-state index is -1.76. The molecule has 1 fully saturated rings. The summed E-state index contributed by atoms with van der Waals surface area (Å²) in [6, 6.07) is 16.4. The summed E-state index contributed by atoms with van der Waals surface area (Å²) < 4.78 is 9.91. The maximum Gasteiger partial charge on any atom is 0.356 e. The second-order valence-corrected chi connectivity index (χ2v) is 6.55. The van der Waals surface area contributed by atoms with Gasteiger partial charge in [-0.1, -0.05) is 60.7 Å². The van der Waals surface area contributed by atoms with Crippen molar-refractivity contribution in [2.45, 2.75) is 18.3 Å². The predicted molar refractivity (Wildman–Crippen MR) is 108 cm³/mol. The van der Waals surface area contributed by atoms with E-state index in [0.29, 0.717) is 5.75 Å². The number of methoxy groups -OCH3 is 1. The van der Waals surface area contributed by atoms with E-state index in [2.05, 4.69) is 10.1 Å². The first kappa shape index (κ1) is 21.1. The number of rotatable bonds is 8. The standard InChI is InChI=1S/C22H22N2O6/c1-29-22(28)21(27)24-17(13-12-15-8-4-2-5-9-15)19(20(24)26)23-18(25)14-30-16-10-6-3-7-11-16/h2-13,17,19,21,27H,14H2,1H3,(H,23,25)/b13-12+. The number of esters is 1. The Bertz CT molecular complexity index is 916. The highest BCUT2D eigenvalue weighted by Gasteiger charge is 2.51. The van der Waals surface area contributed by atoms with Crippen LogP contribution < -0.4 is 10.1 Å². The van der Waals surface area contributed by atoms with E-state index in [9.17, 15) is 19.5 Å². The number of likely N-dealkylation sites (tertiary alicyclic amines) is 1. The van der Waals surface area contributed by atoms with Gasteiger partial charge in [0.15, 0.2) is 6.61 Å². The van der Waals surface area contributed by atoms with Crippen molar-refractivity contribution in [2.75, 3.05) is 13.7 Å². The fourth-order valence-electron chi connectivity index (χ4n) is 3.04. The van der Waals surface area contributed by atoms with Crippen LogP contribution in [0.5, 0.6) is 5.75 Å². The first-order valence-electron chi connectivity index (χ1n) is 9.30. The Balaban J connectivity index is 1.69. The van der Waals surface area contributed by atoms with Crippen LogP contribution in [0.15, 0.2) is 66.7 Å². The number of amides is 2. The van der Waals surface area contributed by atoms with Crippen LogP contribution in [0.1, 0.15) is 5.56 Å². The topological polar surface area (TPSA) is 105 Å². The molecule has 2 aromatic rings. The third-order valence-electron chi connectivity index (χ3n) is 4.57. The fraction of sp³-hybridized carbons (Fsp3) is 0.227. The summed E-state index contributed by atoms with van der Waals surface area (Å²) in [6.45, 7) is -0.275. The number of aliphatic hydroxyl groups excluding tert-OH is 1. The van der Waals surface area contributed by atoms with Crippen LogP contribution in [0.3, 0.4) is 0 Å². The predicted octanol–water partition coefficient (Wildman–Crippen LogP) is 0.966. The van der Waals surface area contributed by atoms with Crippen molar-refractivity contribution in [3.05, 3.63) is 72.3 Å². The Kier molecular flexibility index (Phi) is 6.82. The van der Waals surface area contributed by atoms with E-state index in [4.69, 9.17) is 4.74 Å². The molecule has 0 radical (unpaired) electrons. The van der Waals surface area contributed by atoms with E-state index in [1.165, 1.54) is 0 Å². The van der Waals surface area contributed by atoms with E-state index >= 15 is 0 Å². The van der Waals surface area contributed by atoms with Gasteiger partial charge in [-0.3, -0.25) is 14.5 Å². The number of aliphatic hydroxyl groups is 1. The van der Waals surface area contributed by atoms with Crippen molar-refractivity contribution in [1.29, 1.82) is 0 Å². The molecule has 3 unspecified atom stereocenters. The number of benzene rings is 2. The number of hydrogen-bond donors (Lipinski definition) is 2. The number of hydrogen-bond acceptors (Lipinski definition) is 6. The number of ether oxygens (including phenoxy) is 2. The van der Waals surface area contributed by atoms with Gasteiger partial charge >= 0.3 is 5.97 Å². The molecule has 0 aromatic heterocycles. The molecule has 8 heteroatoms. The lowest BCUT2D eigenvalue weighted by molar-refractivity contribution is -0.182. The second kappa shape index (κ2) is 9.71. The highest BCUT2D eigenvalue weighted by atomic mass is 16.5. The van der Waals surface area contributed by atoms with Gasteiger partial charge in [-0.05, 0) is 17.7 Å². The van der Waals surface area contributed by atoms with Crippen LogP contribution in [-0.4, -0.2) is 59.8 Å². The molecule has 0 spiro atoms. The summed E-state index contributed by atoms with van der Waals surface area (Å²) >= 11 is 0. The highest BCUT2D eigenvalue weighted by molar-refractivity contribution is 5.97. The quantitative estimate of drug-likeness (QED) is 0.496. The van der Waals surface area contributed by atoms with Crippen molar-refractivity contribution in [2.24, 2.45) is 0 Å². The lowest BCUT2D eigenvalue weighted by Crippen LogP contribution is -2.73. The molecular weight excluding hydrogens is 388 g/mol. The average Bonchev–Trinajstić information content (AvgIpc) is 2.79. The molecule has 0 bridgehead atoms. The van der Waals surface area contributed by atoms with Gasteiger partial charge < -0.3 is 19.9 Å². The number of nitrogens with zero attached hydrogens (tertiary/aromatic N) is 1. The first-order valence-corrected chi connectivity index (χ1v) is 9.30. The minimum absolute atomic E-state index is 0.275. The summed E-state index contributed by atoms with van der Waals surface area (Å²) in [7, 11) is 1.12. The van der Waals surface area contributed by atoms with Crippen LogP contribution in [0.2, 0.25) is 0 Å². The van der Waals surface area contributed by atoms with Gasteiger partial charge in [-0.15, -0.1) is 0 Å². The molecular formula is C22H22N2O6. The van der Waals surface area contributed by atoms with Crippen molar-refractivity contribution < 1.29 is 29.0 Å². The summed E-state index contributed by atoms with van der Waals surface area (Å²) in [5.74, 6) is -1.53. The molecule has 3 rings (SSSR count). The molecule has 8 nitrogen and oxygen atoms in total. The second-order valence-electron chi connectivity index (χ2n) is 6.55. The van der Waals surface area contributed by atoms with Crippen LogP contribution in [0, 0.1) is 0 Å². The Morgan fingerprint density at radius 2 is 1.77 bits per heavy atom. The zero-order valence-electron chi connectivity index (χ0n) is 16.3. The van der Waals surface area contributed by atoms with E-state index in [1.807, 2.05) is 36.4 Å². The zero-order chi connectivity index (χ0) is 21.5. The summed E-state index contributed by atoms with van der Waals surface area (Å²) in [6.07, 6.45) is 1.63. The average molecular weight is 410 g/mol. The summed E-state index contributed by atoms with van der Waals surface area (Å²) in [5, 5.41) is 12.7. The van der Waals surface area contributed by atoms with Crippen LogP contribution in [0.4, 0.5) is 0 Å². The molecule has 2 N–H and O–H groups in total. The molecule has 2 amide bonds. The molecule has 156 valence electrons. The molecule has 0 aliphatic carbocycles. The Morgan fingerprint density at radius 3 is 2.40 bits per heavy atom. The van der Waals surface area contributed by atoms with Crippen molar-refractivity contribution in [3.8, 4) is 5.75 Å². The summed E-state index contributed by atoms with van der Waals surface area (Å²) in [5.41, 5.74) is 0.863. The number of nitrogens with one attached hydrogen (secondary N) is 1. The Morgan fingerprint density at radius 1 is 1.13 bits per heavy atom. The third-order valence-corrected chi connectivity index (χ3v) is 4.57. The van der Waals surface area contributed by atoms with E-state index in [-0.39, 0.29) is 6.61 Å². The Hall–Kier alpha value is -3.65. The van der Waals surface area contributed by atoms with Crippen LogP contribution in [-0.2, 0) is 19.1 Å². The molecule has 2 aromatic carbocycles. The molecule has 3 atom stereocenters. The van der Waals surface area contributed by atoms with Gasteiger partial charge in [-0.25, -0.2) is 4.79 Å². The van der Waals surface area contributed by atoms with Crippen molar-refractivity contribution in [1.82, 2.24) is 10.2 Å². The fourth-order valence-corrected chi connectivity index (χ4v) is 3.04. The first-order chi connectivity index (χ1) is 14.5. The summed E-state index contributed by atoms with van der Waals surface area (Å²) in [4.78, 5) is 37.5. The molecule has 1 aliphatic rings. The Labute approximate surface area is 173 Å². The monoisotopic (exact) mass is 410 g/mol. The lowest BCUT2D eigenvalue weighted by Gasteiger charge is -2.47. The third kappa shape index (κ3) is 4.84. The van der Waals surface area contributed by atoms with E-state index in [0.717, 1.165) is 17.6 Å². The van der Waals surface area contributed by atoms with Crippen LogP contribution >= 0.6 is 0 Å². The van der Waals surface area contributed by atoms with Gasteiger partial charge in [0.1, 0.15) is 11.8 Å². The smallest absolute Gasteiger partial charge is 0.356 e. The number of para-hydroxylation sites is 1. The van der Waals surface area contributed by atoms with Gasteiger partial charge in [0.25, 0.3) is 11.8 Å². The normalized spacial score (nSPS) is 19.1. The SMILES string of the molecule is COC(=O)C(O)N1C(=O)C(NC(=O)COc2ccccc2)C1/C=C/c1ccccc1. The molecule has 0 saturated carbocycles. The number of β-lactam (4-membered cyclic amide) rings is 1. The highest BCUT2D eigenvalue weighted by Crippen LogP contribution is 2.25. The van der Waals surface area contributed by atoms with E-state index in [1.54, 1.807) is 36.4 Å². The van der Waals surface area contributed by atoms with Gasteiger partial charge in [-0.2, -0.15) is 0 Å². The molecule has 1 aliphatic heterocycles.